The Hall–Kier alpha value is 0.00688. The molecule has 0 spiro atoms. The lowest BCUT2D eigenvalue weighted by Gasteiger charge is -1.91. The molecule has 0 amide bonds. The summed E-state index contributed by atoms with van der Waals surface area (Å²) in [5, 5.41) is -2.38. The fraction of sp³-hybridized carbons (Fsp3) is 1.00. The van der Waals surface area contributed by atoms with Gasteiger partial charge in [0.25, 0.3) is 5.92 Å². The third kappa shape index (κ3) is 0.570. The molecule has 0 aromatic rings. The summed E-state index contributed by atoms with van der Waals surface area (Å²) >= 11 is 0. The molecule has 3 radical (unpaired) electrons. The third-order valence-corrected chi connectivity index (χ3v) is 1.46. The van der Waals surface area contributed by atoms with E-state index in [0.29, 0.717) is 0 Å². The molecule has 0 N–H and O–H groups in total. The summed E-state index contributed by atoms with van der Waals surface area (Å²) in [5.41, 5.74) is 0. The predicted molar refractivity (Wildman–Crippen MR) is 19.2 cm³/mol. The fourth-order valence-electron chi connectivity index (χ4n) is 0.262. The molecule has 1 unspecified atom stereocenters. The molecule has 7 heavy (non-hydrogen) atoms. The van der Waals surface area contributed by atoms with Crippen molar-refractivity contribution in [2.45, 2.75) is 17.6 Å². The van der Waals surface area contributed by atoms with Crippen LogP contribution in [0.25, 0.3) is 0 Å². The lowest BCUT2D eigenvalue weighted by molar-refractivity contribution is 0.0741. The quantitative estimate of drug-likeness (QED) is 0.419. The molecular weight excluding hydrogens is 121 g/mol. The van der Waals surface area contributed by atoms with Crippen LogP contribution in [0, 0.1) is 0 Å². The zero-order chi connectivity index (χ0) is 5.71. The van der Waals surface area contributed by atoms with Gasteiger partial charge in [-0.05, 0) is 0 Å². The summed E-state index contributed by atoms with van der Waals surface area (Å²) in [5.74, 6) is -3.11. The van der Waals surface area contributed by atoms with Gasteiger partial charge in [0, 0.05) is 0 Å². The van der Waals surface area contributed by atoms with Gasteiger partial charge in [-0.1, -0.05) is 0 Å². The van der Waals surface area contributed by atoms with E-state index in [0.717, 1.165) is 0 Å². The van der Waals surface area contributed by atoms with Crippen LogP contribution in [0.3, 0.4) is 0 Å². The van der Waals surface area contributed by atoms with Crippen molar-refractivity contribution in [3.05, 3.63) is 0 Å². The Morgan fingerprint density at radius 3 is 1.43 bits per heavy atom. The van der Waals surface area contributed by atoms with Gasteiger partial charge in [-0.3, -0.25) is 0 Å². The maximum atomic E-state index is 11.7. The van der Waals surface area contributed by atoms with Crippen LogP contribution in [-0.2, 0) is 0 Å². The fourth-order valence-corrected chi connectivity index (χ4v) is 0.484. The van der Waals surface area contributed by atoms with Gasteiger partial charge >= 0.3 is 0 Å². The maximum absolute atomic E-state index is 11.7. The molecule has 1 rings (SSSR count). The molecule has 1 atom stereocenters. The van der Waals surface area contributed by atoms with E-state index in [1.54, 1.807) is 0 Å². The van der Waals surface area contributed by atoms with Crippen LogP contribution in [0.15, 0.2) is 0 Å². The Labute approximate surface area is 42.1 Å². The smallest absolute Gasteiger partial charge is 0.242 e. The minimum atomic E-state index is -3.11. The largest absolute Gasteiger partial charge is 0.280 e. The molecule has 0 aromatic carbocycles. The molecule has 0 heterocycles. The van der Waals surface area contributed by atoms with Gasteiger partial charge in [0.1, 0.15) is 0 Å². The minimum Gasteiger partial charge on any atom is -0.242 e. The summed E-state index contributed by atoms with van der Waals surface area (Å²) in [6.45, 7) is 0. The Kier molecular flexibility index (Phi) is 0.655. The van der Waals surface area contributed by atoms with E-state index in [4.69, 9.17) is 0 Å². The van der Waals surface area contributed by atoms with E-state index in [1.807, 2.05) is 0 Å². The zero-order valence-corrected chi connectivity index (χ0v) is 4.34. The van der Waals surface area contributed by atoms with Crippen molar-refractivity contribution in [3.8, 4) is 0 Å². The summed E-state index contributed by atoms with van der Waals surface area (Å²) < 4.78 is 34.7. The SMILES string of the molecule is FC1(F)CC1(F)[Si]. The number of hydrogen-bond donors (Lipinski definition) is 0. The van der Waals surface area contributed by atoms with E-state index >= 15 is 0 Å². The van der Waals surface area contributed by atoms with E-state index in [-0.39, 0.29) is 0 Å². The average molecular weight is 123 g/mol. The first kappa shape index (κ1) is 5.15. The number of rotatable bonds is 0. The number of hydrogen-bond acceptors (Lipinski definition) is 0. The van der Waals surface area contributed by atoms with Crippen LogP contribution >= 0.6 is 0 Å². The molecule has 1 saturated carbocycles. The van der Waals surface area contributed by atoms with Crippen molar-refractivity contribution in [1.29, 1.82) is 0 Å². The predicted octanol–water partition coefficient (Wildman–Crippen LogP) is 0.860. The second kappa shape index (κ2) is 0.890. The van der Waals surface area contributed by atoms with Crippen molar-refractivity contribution in [2.24, 2.45) is 0 Å². The van der Waals surface area contributed by atoms with Gasteiger partial charge in [0.2, 0.25) is 0 Å². The third-order valence-electron chi connectivity index (χ3n) is 0.920. The Morgan fingerprint density at radius 1 is 1.29 bits per heavy atom. The molecule has 0 bridgehead atoms. The van der Waals surface area contributed by atoms with Crippen LogP contribution in [0.2, 0.25) is 0 Å². The summed E-state index contributed by atoms with van der Waals surface area (Å²) in [6, 6.07) is 0. The molecule has 39 valence electrons. The topological polar surface area (TPSA) is 0 Å². The Bertz CT molecular complexity index is 86.4. The highest BCUT2D eigenvalue weighted by atomic mass is 28.1. The average Bonchev–Trinajstić information content (AvgIpc) is 1.63. The molecule has 4 heteroatoms. The number of alkyl halides is 3. The second-order valence-electron chi connectivity index (χ2n) is 1.68. The molecule has 0 aromatic heterocycles. The molecule has 1 fully saturated rings. The Balaban J connectivity index is 2.59. The first-order valence-electron chi connectivity index (χ1n) is 1.77. The van der Waals surface area contributed by atoms with Gasteiger partial charge in [-0.25, -0.2) is 13.2 Å². The minimum absolute atomic E-state index is 0.684. The molecule has 0 saturated heterocycles. The Morgan fingerprint density at radius 2 is 1.43 bits per heavy atom. The van der Waals surface area contributed by atoms with Crippen molar-refractivity contribution in [2.75, 3.05) is 0 Å². The highest BCUT2D eigenvalue weighted by Gasteiger charge is 2.69. The van der Waals surface area contributed by atoms with Crippen LogP contribution in [0.5, 0.6) is 0 Å². The van der Waals surface area contributed by atoms with Crippen LogP contribution in [0.4, 0.5) is 13.2 Å². The van der Waals surface area contributed by atoms with Gasteiger partial charge in [-0.15, -0.1) is 0 Å². The summed E-state index contributed by atoms with van der Waals surface area (Å²) in [4.78, 5) is 0. The van der Waals surface area contributed by atoms with Crippen molar-refractivity contribution >= 4 is 10.2 Å². The normalized spacial score (nSPS) is 46.3. The van der Waals surface area contributed by atoms with E-state index in [2.05, 4.69) is 10.2 Å². The zero-order valence-electron chi connectivity index (χ0n) is 3.34. The first-order chi connectivity index (χ1) is 2.96. The highest BCUT2D eigenvalue weighted by molar-refractivity contribution is 6.17. The van der Waals surface area contributed by atoms with Crippen molar-refractivity contribution in [3.63, 3.8) is 0 Å². The van der Waals surface area contributed by atoms with Gasteiger partial charge in [0.15, 0.2) is 5.29 Å². The van der Waals surface area contributed by atoms with E-state index < -0.39 is 17.6 Å². The standard InChI is InChI=1S/C3H2F3Si/c4-2(5)1-3(2,6)7/h1H2. The molecule has 1 aliphatic rings. The monoisotopic (exact) mass is 123 g/mol. The molecular formula is C3H2F3Si. The molecule has 0 nitrogen and oxygen atoms in total. The summed E-state index contributed by atoms with van der Waals surface area (Å²) in [7, 11) is 2.24. The van der Waals surface area contributed by atoms with Crippen molar-refractivity contribution in [1.82, 2.24) is 0 Å². The van der Waals surface area contributed by atoms with Crippen LogP contribution < -0.4 is 0 Å². The number of halogens is 3. The highest BCUT2D eigenvalue weighted by Crippen LogP contribution is 2.53. The maximum Gasteiger partial charge on any atom is 0.280 e. The molecule has 0 aliphatic heterocycles. The van der Waals surface area contributed by atoms with Crippen LogP contribution in [0.1, 0.15) is 6.42 Å². The lowest BCUT2D eigenvalue weighted by Crippen LogP contribution is -2.10. The van der Waals surface area contributed by atoms with E-state index in [9.17, 15) is 13.2 Å². The van der Waals surface area contributed by atoms with Gasteiger partial charge in [0.05, 0.1) is 16.7 Å². The van der Waals surface area contributed by atoms with Crippen LogP contribution in [-0.4, -0.2) is 21.5 Å². The molecule has 1 aliphatic carbocycles. The second-order valence-corrected chi connectivity index (χ2v) is 2.47. The van der Waals surface area contributed by atoms with Gasteiger partial charge < -0.3 is 0 Å². The first-order valence-corrected chi connectivity index (χ1v) is 2.27. The lowest BCUT2D eigenvalue weighted by atomic mass is 10.8. The van der Waals surface area contributed by atoms with Gasteiger partial charge in [-0.2, -0.15) is 0 Å². The summed E-state index contributed by atoms with van der Waals surface area (Å²) in [6.07, 6.45) is -0.684. The van der Waals surface area contributed by atoms with Crippen molar-refractivity contribution < 1.29 is 13.2 Å². The van der Waals surface area contributed by atoms with E-state index in [1.165, 1.54) is 0 Å².